The van der Waals surface area contributed by atoms with Crippen molar-refractivity contribution in [3.8, 4) is 39.5 Å². The fourth-order valence-electron chi connectivity index (χ4n) is 10.0. The van der Waals surface area contributed by atoms with E-state index in [0.29, 0.717) is 23.1 Å². The Morgan fingerprint density at radius 2 is 1.47 bits per heavy atom. The summed E-state index contributed by atoms with van der Waals surface area (Å²) < 4.78 is 50.9. The van der Waals surface area contributed by atoms with Crippen LogP contribution < -0.4 is 4.40 Å². The number of imidazole rings is 1. The van der Waals surface area contributed by atoms with E-state index < -0.39 is 26.5 Å². The maximum atomic E-state index is 9.04. The first-order valence-corrected chi connectivity index (χ1v) is 31.6. The van der Waals surface area contributed by atoms with Crippen LogP contribution in [0.4, 0.5) is 0 Å². The van der Waals surface area contributed by atoms with E-state index in [9.17, 15) is 0 Å². The van der Waals surface area contributed by atoms with Gasteiger partial charge in [0.15, 0.2) is 0 Å². The van der Waals surface area contributed by atoms with E-state index in [1.54, 1.807) is 12.1 Å². The number of furan rings is 1. The van der Waals surface area contributed by atoms with Gasteiger partial charge in [-0.3, -0.25) is 4.98 Å². The number of fused-ring (bicyclic) bond motifs is 4. The Hall–Kier alpha value is -5.07. The molecule has 0 amide bonds. The second-order valence-corrected chi connectivity index (χ2v) is 31.0. The fraction of sp³-hybridized carbons (Fsp3) is 0.323. The Morgan fingerprint density at radius 3 is 2.13 bits per heavy atom. The third-order valence-electron chi connectivity index (χ3n) is 13.5. The largest absolute Gasteiger partial charge is 0 e. The van der Waals surface area contributed by atoms with Crippen molar-refractivity contribution in [2.75, 3.05) is 0 Å². The van der Waals surface area contributed by atoms with Crippen LogP contribution in [-0.2, 0) is 26.5 Å². The van der Waals surface area contributed by atoms with E-state index in [4.69, 9.17) is 16.3 Å². The molecule has 351 valence electrons. The van der Waals surface area contributed by atoms with Gasteiger partial charge in [0, 0.05) is 31.2 Å². The number of pyridine rings is 1. The minimum atomic E-state index is -2.35. The van der Waals surface area contributed by atoms with Gasteiger partial charge in [-0.1, -0.05) is 94.1 Å². The Labute approximate surface area is 428 Å². The molecule has 0 saturated heterocycles. The molecule has 10 rings (SSSR count). The van der Waals surface area contributed by atoms with Crippen molar-refractivity contribution < 1.29 is 31.4 Å². The van der Waals surface area contributed by atoms with Gasteiger partial charge < -0.3 is 8.98 Å². The summed E-state index contributed by atoms with van der Waals surface area (Å²) in [6.07, 6.45) is 5.74. The summed E-state index contributed by atoms with van der Waals surface area (Å²) in [4.78, 5) is 9.94. The predicted octanol–water partition coefficient (Wildman–Crippen LogP) is 16.8. The van der Waals surface area contributed by atoms with Crippen LogP contribution in [0.2, 0.25) is 17.3 Å². The van der Waals surface area contributed by atoms with Crippen molar-refractivity contribution in [1.82, 2.24) is 14.5 Å². The first kappa shape index (κ1) is 43.0. The Bertz CT molecular complexity index is 3410. The maximum absolute atomic E-state index is 9.04. The summed E-state index contributed by atoms with van der Waals surface area (Å²) in [6.45, 7) is 13.4. The summed E-state index contributed by atoms with van der Waals surface area (Å²) in [5.74, 6) is 8.30. The topological polar surface area (TPSA) is 43.9 Å². The van der Waals surface area contributed by atoms with E-state index >= 15 is 0 Å². The molecule has 3 aromatic heterocycles. The third kappa shape index (κ3) is 10.0. The van der Waals surface area contributed by atoms with E-state index in [1.165, 1.54) is 56.9 Å². The zero-order chi connectivity index (χ0) is 51.4. The number of benzene rings is 6. The molecule has 3 heterocycles. The molecule has 0 bridgehead atoms. The molecule has 0 N–H and O–H groups in total. The van der Waals surface area contributed by atoms with Crippen molar-refractivity contribution >= 4 is 50.6 Å². The second kappa shape index (κ2) is 20.5. The molecular formula is C62H67GeIrN3O-2. The van der Waals surface area contributed by atoms with Crippen molar-refractivity contribution in [3.63, 3.8) is 0 Å². The standard InChI is InChI=1S/C40H37N2O.C22H30GeN.Ir/c1-23(2)31-21-29(28-13-9-8-10-14-28)22-32(24(3)4)38(31)42-34-16-12-11-15-33(34)41-40(42)30-18-17-26(6)37-36-27(7)19-25(5)20-35(36)43-39(30)37;1-17-10-12-19(13-11-17)22-15-20(14-18-8-6-5-7-9-18)21(16-24-22)23(2,3)4;/h8-17,19-24H,1-7H3;10-12,15-16,18H,5-9,14H2,1-4H3;/q2*-1;/i;1D3,14D2;. The van der Waals surface area contributed by atoms with Crippen LogP contribution in [0, 0.1) is 45.7 Å². The number of rotatable bonds is 9. The SMILES string of the molecule is Cc1cc(C)c2c(c1)oc1c(-c3nc4ccccc4n3-c3c(C(C)C)cc(-c4ccccc4)cc3C(C)C)[c-]cc(C)c12.[2H]C([2H])([2H])c1c[c-]c(-c2cc(C([2H])([2H])C3CCCCC3)[c]([Ge]([CH3])([CH3])[CH3])cn2)cc1.[Ir]. The monoisotopic (exact) mass is 1140 g/mol. The molecule has 6 aromatic carbocycles. The Kier molecular flexibility index (Phi) is 13.0. The zero-order valence-corrected chi connectivity index (χ0v) is 45.8. The van der Waals surface area contributed by atoms with Gasteiger partial charge >= 0.3 is 157 Å². The molecule has 0 unspecified atom stereocenters. The molecule has 0 aliphatic heterocycles. The minimum Gasteiger partial charge on any atom is 0 e. The molecule has 4 nitrogen and oxygen atoms in total. The van der Waals surface area contributed by atoms with E-state index in [1.807, 2.05) is 12.3 Å². The quantitative estimate of drug-likeness (QED) is 0.107. The van der Waals surface area contributed by atoms with Crippen LogP contribution in [0.5, 0.6) is 0 Å². The molecular weight excluding hydrogens is 1070 g/mol. The minimum absolute atomic E-state index is 0. The molecule has 9 aromatic rings. The Morgan fingerprint density at radius 1 is 0.765 bits per heavy atom. The van der Waals surface area contributed by atoms with Crippen LogP contribution in [0.1, 0.15) is 117 Å². The van der Waals surface area contributed by atoms with Gasteiger partial charge in [0.25, 0.3) is 0 Å². The summed E-state index contributed by atoms with van der Waals surface area (Å²) in [7, 11) is 0. The molecule has 0 atom stereocenters. The Balaban J connectivity index is 0.000000208. The summed E-state index contributed by atoms with van der Waals surface area (Å²) in [5.41, 5.74) is 16.9. The molecule has 1 aliphatic rings. The van der Waals surface area contributed by atoms with Gasteiger partial charge in [-0.25, -0.2) is 0 Å². The smallest absolute Gasteiger partial charge is 0 e. The van der Waals surface area contributed by atoms with Gasteiger partial charge in [-0.2, -0.15) is 0 Å². The van der Waals surface area contributed by atoms with Crippen molar-refractivity contribution in [2.24, 2.45) is 5.92 Å². The average molecular weight is 1140 g/mol. The first-order chi connectivity index (χ1) is 34.1. The van der Waals surface area contributed by atoms with E-state index in [-0.39, 0.29) is 31.6 Å². The number of hydrogen-bond acceptors (Lipinski definition) is 3. The van der Waals surface area contributed by atoms with E-state index in [0.717, 1.165) is 80.2 Å². The molecule has 68 heavy (non-hydrogen) atoms. The van der Waals surface area contributed by atoms with Gasteiger partial charge in [0.1, 0.15) is 5.58 Å². The summed E-state index contributed by atoms with van der Waals surface area (Å²) in [6, 6.07) is 43.8. The molecule has 1 fully saturated rings. The van der Waals surface area contributed by atoms with Crippen molar-refractivity contribution in [2.45, 2.75) is 123 Å². The average Bonchev–Trinajstić information content (AvgIpc) is 3.93. The van der Waals surface area contributed by atoms with Crippen molar-refractivity contribution in [1.29, 1.82) is 0 Å². The van der Waals surface area contributed by atoms with Crippen molar-refractivity contribution in [3.05, 3.63) is 166 Å². The van der Waals surface area contributed by atoms with Gasteiger partial charge in [0.2, 0.25) is 0 Å². The van der Waals surface area contributed by atoms with Crippen LogP contribution in [0.25, 0.3) is 72.4 Å². The number of hydrogen-bond donors (Lipinski definition) is 0. The molecule has 0 spiro atoms. The van der Waals surface area contributed by atoms with Gasteiger partial charge in [0.05, 0.1) is 22.4 Å². The van der Waals surface area contributed by atoms with E-state index in [2.05, 4.69) is 172 Å². The fourth-order valence-corrected chi connectivity index (χ4v) is 13.0. The molecule has 1 saturated carbocycles. The normalized spacial score (nSPS) is 14.9. The molecule has 6 heteroatoms. The number of nitrogens with zero attached hydrogens (tertiary/aromatic N) is 3. The van der Waals surface area contributed by atoms with Gasteiger partial charge in [-0.15, -0.1) is 17.7 Å². The maximum Gasteiger partial charge on any atom is 0 e. The summed E-state index contributed by atoms with van der Waals surface area (Å²) >= 11 is -2.35. The van der Waals surface area contributed by atoms with Crippen LogP contribution >= 0.6 is 0 Å². The second-order valence-electron chi connectivity index (χ2n) is 20.4. The predicted molar refractivity (Wildman–Crippen MR) is 287 cm³/mol. The van der Waals surface area contributed by atoms with Gasteiger partial charge in [-0.05, 0) is 89.4 Å². The first-order valence-electron chi connectivity index (χ1n) is 26.7. The molecule has 1 radical (unpaired) electrons. The van der Waals surface area contributed by atoms with Crippen LogP contribution in [0.15, 0.2) is 120 Å². The summed E-state index contributed by atoms with van der Waals surface area (Å²) in [5, 5.41) is 2.32. The van der Waals surface area contributed by atoms with Crippen LogP contribution in [-0.4, -0.2) is 27.8 Å². The molecule has 1 aliphatic carbocycles. The number of aryl methyl sites for hydroxylation is 4. The zero-order valence-electron chi connectivity index (χ0n) is 46.3. The third-order valence-corrected chi connectivity index (χ3v) is 17.7. The van der Waals surface area contributed by atoms with Crippen LogP contribution in [0.3, 0.4) is 0 Å². The number of para-hydroxylation sites is 2. The number of aromatic nitrogens is 3.